The summed E-state index contributed by atoms with van der Waals surface area (Å²) in [6, 6.07) is 5.82. The number of rotatable bonds is 7. The van der Waals surface area contributed by atoms with Gasteiger partial charge in [0.15, 0.2) is 0 Å². The highest BCUT2D eigenvalue weighted by molar-refractivity contribution is 5.79. The molecule has 42 heavy (non-hydrogen) atoms. The van der Waals surface area contributed by atoms with Crippen LogP contribution in [0.15, 0.2) is 18.2 Å². The van der Waals surface area contributed by atoms with E-state index in [0.29, 0.717) is 37.7 Å². The van der Waals surface area contributed by atoms with E-state index in [1.165, 1.54) is 6.07 Å². The molecule has 5 rings (SSSR count). The molecule has 4 aliphatic rings. The fourth-order valence-corrected chi connectivity index (χ4v) is 6.88. The van der Waals surface area contributed by atoms with Gasteiger partial charge < -0.3 is 25.5 Å². The molecule has 9 nitrogen and oxygen atoms in total. The third kappa shape index (κ3) is 7.74. The summed E-state index contributed by atoms with van der Waals surface area (Å²) < 4.78 is 40.1. The Bertz CT molecular complexity index is 1100. The second-order valence-corrected chi connectivity index (χ2v) is 12.4. The van der Waals surface area contributed by atoms with Crippen LogP contribution in [0.25, 0.3) is 0 Å². The van der Waals surface area contributed by atoms with Crippen LogP contribution >= 0.6 is 0 Å². The van der Waals surface area contributed by atoms with Crippen molar-refractivity contribution in [1.29, 1.82) is 5.26 Å². The summed E-state index contributed by atoms with van der Waals surface area (Å²) in [5.41, 5.74) is -1.45. The fourth-order valence-electron chi connectivity index (χ4n) is 6.88. The molecule has 1 aromatic rings. The fraction of sp³-hybridized carbons (Fsp3) is 0.733. The Labute approximate surface area is 246 Å². The molecule has 0 spiro atoms. The second kappa shape index (κ2) is 13.5. The summed E-state index contributed by atoms with van der Waals surface area (Å²) >= 11 is 0. The number of alkyl halides is 3. The zero-order chi connectivity index (χ0) is 29.7. The Kier molecular flexibility index (Phi) is 9.95. The number of piperidine rings is 3. The zero-order valence-electron chi connectivity index (χ0n) is 24.3. The molecular formula is C30H44F3N7O2. The van der Waals surface area contributed by atoms with Crippen molar-refractivity contribution in [3.63, 3.8) is 0 Å². The first-order valence-corrected chi connectivity index (χ1v) is 15.4. The molecule has 0 aliphatic carbocycles. The lowest BCUT2D eigenvalue weighted by atomic mass is 9.86. The number of carbonyl (C=O) groups is 1. The Morgan fingerprint density at radius 1 is 1.07 bits per heavy atom. The van der Waals surface area contributed by atoms with Crippen molar-refractivity contribution in [2.45, 2.75) is 68.9 Å². The lowest BCUT2D eigenvalue weighted by Gasteiger charge is -2.44. The molecule has 12 heteroatoms. The highest BCUT2D eigenvalue weighted by atomic mass is 19.4. The molecule has 2 atom stereocenters. The molecule has 0 radical (unpaired) electrons. The maximum Gasteiger partial charge on any atom is 0.417 e. The van der Waals surface area contributed by atoms with Gasteiger partial charge in [-0.05, 0) is 63.1 Å². The monoisotopic (exact) mass is 591 g/mol. The average molecular weight is 592 g/mol. The number of hydrogen-bond acceptors (Lipinski definition) is 8. The van der Waals surface area contributed by atoms with Crippen LogP contribution in [-0.4, -0.2) is 104 Å². The maximum absolute atomic E-state index is 13.4. The Morgan fingerprint density at radius 3 is 2.40 bits per heavy atom. The van der Waals surface area contributed by atoms with Gasteiger partial charge >= 0.3 is 6.18 Å². The van der Waals surface area contributed by atoms with Crippen molar-refractivity contribution < 1.29 is 23.1 Å². The minimum absolute atomic E-state index is 0.00562. The maximum atomic E-state index is 13.4. The number of benzene rings is 1. The van der Waals surface area contributed by atoms with Gasteiger partial charge in [-0.3, -0.25) is 15.0 Å². The van der Waals surface area contributed by atoms with E-state index in [9.17, 15) is 23.1 Å². The Morgan fingerprint density at radius 2 is 1.79 bits per heavy atom. The number of halogens is 3. The van der Waals surface area contributed by atoms with Crippen LogP contribution in [0.2, 0.25) is 0 Å². The van der Waals surface area contributed by atoms with E-state index in [4.69, 9.17) is 5.26 Å². The van der Waals surface area contributed by atoms with Gasteiger partial charge in [-0.15, -0.1) is 0 Å². The van der Waals surface area contributed by atoms with E-state index >= 15 is 0 Å². The first-order chi connectivity index (χ1) is 20.1. The van der Waals surface area contributed by atoms with Gasteiger partial charge in [0.2, 0.25) is 5.91 Å². The molecule has 0 bridgehead atoms. The predicted octanol–water partition coefficient (Wildman–Crippen LogP) is 2.11. The Balaban J connectivity index is 1.01. The van der Waals surface area contributed by atoms with Crippen LogP contribution in [0, 0.1) is 17.2 Å². The number of nitrogens with one attached hydrogen (secondary N) is 3. The summed E-state index contributed by atoms with van der Waals surface area (Å²) in [7, 11) is 0. The molecule has 0 aromatic heterocycles. The van der Waals surface area contributed by atoms with Gasteiger partial charge in [0.05, 0.1) is 29.0 Å². The number of carbonyl (C=O) groups excluding carboxylic acids is 1. The van der Waals surface area contributed by atoms with Crippen LogP contribution in [-0.2, 0) is 11.0 Å². The molecule has 4 N–H and O–H groups in total. The molecule has 4 aliphatic heterocycles. The van der Waals surface area contributed by atoms with E-state index in [0.717, 1.165) is 90.5 Å². The predicted molar refractivity (Wildman–Crippen MR) is 154 cm³/mol. The van der Waals surface area contributed by atoms with Crippen molar-refractivity contribution in [2.75, 3.05) is 70.3 Å². The first kappa shape index (κ1) is 31.0. The highest BCUT2D eigenvalue weighted by Gasteiger charge is 2.37. The molecule has 4 heterocycles. The number of hydrogen-bond donors (Lipinski definition) is 4. The smallest absolute Gasteiger partial charge is 0.390 e. The van der Waals surface area contributed by atoms with Crippen molar-refractivity contribution in [3.05, 3.63) is 29.3 Å². The van der Waals surface area contributed by atoms with Crippen LogP contribution in [0.1, 0.15) is 56.1 Å². The minimum atomic E-state index is -4.59. The number of nitrogens with zero attached hydrogens (tertiary/aromatic N) is 4. The van der Waals surface area contributed by atoms with Crippen LogP contribution in [0.5, 0.6) is 0 Å². The minimum Gasteiger partial charge on any atom is -0.390 e. The van der Waals surface area contributed by atoms with E-state index in [1.807, 2.05) is 4.90 Å². The lowest BCUT2D eigenvalue weighted by molar-refractivity contribution is -0.137. The van der Waals surface area contributed by atoms with E-state index in [-0.39, 0.29) is 23.6 Å². The van der Waals surface area contributed by atoms with Crippen molar-refractivity contribution >= 4 is 11.6 Å². The lowest BCUT2D eigenvalue weighted by Crippen LogP contribution is -2.58. The SMILES string of the molecule is N#Cc1ccc(N2CCC(C(=O)NC3CCC(N4CCC(O)(CCN5CCNCC5)CC4)CN3)CC2)cc1C(F)(F)F. The summed E-state index contributed by atoms with van der Waals surface area (Å²) in [6.45, 7) is 8.66. The van der Waals surface area contributed by atoms with Gasteiger partial charge in [0, 0.05) is 83.1 Å². The van der Waals surface area contributed by atoms with Gasteiger partial charge in [0.25, 0.3) is 0 Å². The van der Waals surface area contributed by atoms with E-state index in [2.05, 4.69) is 25.8 Å². The molecule has 1 aromatic carbocycles. The van der Waals surface area contributed by atoms with Crippen molar-refractivity contribution in [1.82, 2.24) is 25.8 Å². The van der Waals surface area contributed by atoms with Crippen molar-refractivity contribution in [3.8, 4) is 6.07 Å². The second-order valence-electron chi connectivity index (χ2n) is 12.4. The normalized spacial score (nSPS) is 26.5. The zero-order valence-corrected chi connectivity index (χ0v) is 24.3. The third-order valence-electron chi connectivity index (χ3n) is 9.71. The highest BCUT2D eigenvalue weighted by Crippen LogP contribution is 2.35. The summed E-state index contributed by atoms with van der Waals surface area (Å²) in [6.07, 6.45) is 0.706. The number of likely N-dealkylation sites (tertiary alicyclic amines) is 1. The third-order valence-corrected chi connectivity index (χ3v) is 9.71. The summed E-state index contributed by atoms with van der Waals surface area (Å²) in [4.78, 5) is 19.8. The Hall–Kier alpha value is -2.43. The number of piperazine rings is 1. The van der Waals surface area contributed by atoms with E-state index in [1.54, 1.807) is 12.1 Å². The molecule has 232 valence electrons. The van der Waals surface area contributed by atoms with Crippen molar-refractivity contribution in [2.24, 2.45) is 5.92 Å². The van der Waals surface area contributed by atoms with Gasteiger partial charge in [-0.25, -0.2) is 0 Å². The molecular weight excluding hydrogens is 547 g/mol. The van der Waals surface area contributed by atoms with Crippen LogP contribution in [0.3, 0.4) is 0 Å². The topological polar surface area (TPSA) is 107 Å². The number of anilines is 1. The van der Waals surface area contributed by atoms with Crippen LogP contribution < -0.4 is 20.9 Å². The first-order valence-electron chi connectivity index (χ1n) is 15.4. The standard InChI is InChI=1S/C30H44F3N7O2/c31-30(32,33)26-19-24(2-1-23(26)20-34)39-12-5-22(6-13-39)28(41)37-27-4-3-25(21-36-27)40-15-8-29(42,9-16-40)7-14-38-17-10-35-11-18-38/h1-2,19,22,25,27,35-36,42H,3-18,21H2,(H,37,41). The number of aliphatic hydroxyl groups is 1. The van der Waals surface area contributed by atoms with Gasteiger partial charge in [-0.2, -0.15) is 18.4 Å². The summed E-state index contributed by atoms with van der Waals surface area (Å²) in [5.74, 6) is -0.184. The molecule has 1 amide bonds. The quantitative estimate of drug-likeness (QED) is 0.382. The van der Waals surface area contributed by atoms with Crippen LogP contribution in [0.4, 0.5) is 18.9 Å². The molecule has 2 unspecified atom stereocenters. The number of amides is 1. The average Bonchev–Trinajstić information content (AvgIpc) is 3.01. The summed E-state index contributed by atoms with van der Waals surface area (Å²) in [5, 5.41) is 30.2. The largest absolute Gasteiger partial charge is 0.417 e. The molecule has 0 saturated carbocycles. The molecule has 4 fully saturated rings. The van der Waals surface area contributed by atoms with Gasteiger partial charge in [-0.1, -0.05) is 0 Å². The van der Waals surface area contributed by atoms with E-state index < -0.39 is 17.3 Å². The van der Waals surface area contributed by atoms with Gasteiger partial charge in [0.1, 0.15) is 0 Å². The molecule has 4 saturated heterocycles. The number of nitriles is 1.